The van der Waals surface area contributed by atoms with Gasteiger partial charge in [-0.2, -0.15) is 0 Å². The standard InChI is InChI=1S/C21H27NO6S/c1-16-6-11-19(20(15-16)28-14-13-26-2)22-21(23)5-4-12-27-17-7-9-18(10-8-17)29(3,24)25/h6-11,15H,4-5,12-14H2,1-3H3,(H,22,23). The number of carbonyl (C=O) groups is 1. The van der Waals surface area contributed by atoms with Crippen molar-refractivity contribution in [3.8, 4) is 11.5 Å². The summed E-state index contributed by atoms with van der Waals surface area (Å²) in [6.07, 6.45) is 1.96. The topological polar surface area (TPSA) is 90.9 Å². The van der Waals surface area contributed by atoms with Crippen molar-refractivity contribution in [3.63, 3.8) is 0 Å². The summed E-state index contributed by atoms with van der Waals surface area (Å²) in [5, 5.41) is 2.86. The minimum Gasteiger partial charge on any atom is -0.494 e. The largest absolute Gasteiger partial charge is 0.494 e. The molecule has 2 rings (SSSR count). The monoisotopic (exact) mass is 421 g/mol. The van der Waals surface area contributed by atoms with Gasteiger partial charge in [0.1, 0.15) is 18.1 Å². The van der Waals surface area contributed by atoms with E-state index >= 15 is 0 Å². The molecule has 0 heterocycles. The average molecular weight is 422 g/mol. The Bertz CT molecular complexity index is 909. The Balaban J connectivity index is 1.80. The lowest BCUT2D eigenvalue weighted by atomic mass is 10.2. The van der Waals surface area contributed by atoms with Crippen LogP contribution >= 0.6 is 0 Å². The molecule has 0 aliphatic rings. The summed E-state index contributed by atoms with van der Waals surface area (Å²) in [5.41, 5.74) is 1.65. The molecule has 2 aromatic carbocycles. The first-order valence-corrected chi connectivity index (χ1v) is 11.1. The van der Waals surface area contributed by atoms with Crippen LogP contribution < -0.4 is 14.8 Å². The van der Waals surface area contributed by atoms with Crippen LogP contribution in [0.2, 0.25) is 0 Å². The molecule has 0 aliphatic heterocycles. The Morgan fingerprint density at radius 2 is 1.72 bits per heavy atom. The van der Waals surface area contributed by atoms with Crippen molar-refractivity contribution in [2.24, 2.45) is 0 Å². The van der Waals surface area contributed by atoms with Gasteiger partial charge >= 0.3 is 0 Å². The highest BCUT2D eigenvalue weighted by atomic mass is 32.2. The van der Waals surface area contributed by atoms with Crippen molar-refractivity contribution in [1.82, 2.24) is 0 Å². The third-order valence-corrected chi connectivity index (χ3v) is 5.15. The number of nitrogens with one attached hydrogen (secondary N) is 1. The number of aryl methyl sites for hydroxylation is 1. The molecule has 1 N–H and O–H groups in total. The van der Waals surface area contributed by atoms with Crippen molar-refractivity contribution in [3.05, 3.63) is 48.0 Å². The predicted octanol–water partition coefficient (Wildman–Crippen LogP) is 3.22. The van der Waals surface area contributed by atoms with Crippen molar-refractivity contribution in [2.45, 2.75) is 24.7 Å². The highest BCUT2D eigenvalue weighted by molar-refractivity contribution is 7.90. The van der Waals surface area contributed by atoms with Crippen LogP contribution in [-0.2, 0) is 19.4 Å². The van der Waals surface area contributed by atoms with Crippen molar-refractivity contribution in [2.75, 3.05) is 38.5 Å². The lowest BCUT2D eigenvalue weighted by Gasteiger charge is -2.13. The maximum Gasteiger partial charge on any atom is 0.224 e. The Kier molecular flexibility index (Phi) is 8.48. The quantitative estimate of drug-likeness (QED) is 0.560. The van der Waals surface area contributed by atoms with Crippen LogP contribution in [0.4, 0.5) is 5.69 Å². The van der Waals surface area contributed by atoms with Gasteiger partial charge in [0.25, 0.3) is 0 Å². The number of benzene rings is 2. The van der Waals surface area contributed by atoms with Gasteiger partial charge < -0.3 is 19.5 Å². The number of hydrogen-bond acceptors (Lipinski definition) is 6. The van der Waals surface area contributed by atoms with E-state index in [0.29, 0.717) is 43.4 Å². The van der Waals surface area contributed by atoms with E-state index in [4.69, 9.17) is 14.2 Å². The Labute approximate surface area is 171 Å². The van der Waals surface area contributed by atoms with E-state index in [0.717, 1.165) is 11.8 Å². The second kappa shape index (κ2) is 10.8. The van der Waals surface area contributed by atoms with Gasteiger partial charge in [0.15, 0.2) is 9.84 Å². The van der Waals surface area contributed by atoms with E-state index in [1.165, 1.54) is 12.1 Å². The summed E-state index contributed by atoms with van der Waals surface area (Å²) >= 11 is 0. The van der Waals surface area contributed by atoms with Crippen LogP contribution in [0, 0.1) is 6.92 Å². The Morgan fingerprint density at radius 3 is 2.38 bits per heavy atom. The molecule has 0 fully saturated rings. The zero-order valence-corrected chi connectivity index (χ0v) is 17.8. The van der Waals surface area contributed by atoms with Gasteiger partial charge in [-0.05, 0) is 55.3 Å². The van der Waals surface area contributed by atoms with Gasteiger partial charge in [-0.15, -0.1) is 0 Å². The number of carbonyl (C=O) groups excluding carboxylic acids is 1. The third-order valence-electron chi connectivity index (χ3n) is 4.03. The van der Waals surface area contributed by atoms with E-state index in [9.17, 15) is 13.2 Å². The SMILES string of the molecule is COCCOc1cc(C)ccc1NC(=O)CCCOc1ccc(S(C)(=O)=O)cc1. The maximum atomic E-state index is 12.2. The number of sulfone groups is 1. The first kappa shape index (κ1) is 22.7. The number of ether oxygens (including phenoxy) is 3. The molecule has 0 saturated carbocycles. The molecule has 0 atom stereocenters. The molecular weight excluding hydrogens is 394 g/mol. The van der Waals surface area contributed by atoms with Gasteiger partial charge in [-0.1, -0.05) is 6.07 Å². The van der Waals surface area contributed by atoms with E-state index in [-0.39, 0.29) is 17.2 Å². The zero-order chi connectivity index (χ0) is 21.3. The molecular formula is C21H27NO6S. The van der Waals surface area contributed by atoms with Crippen molar-refractivity contribution >= 4 is 21.4 Å². The second-order valence-corrected chi connectivity index (χ2v) is 8.60. The lowest BCUT2D eigenvalue weighted by Crippen LogP contribution is -2.14. The molecule has 0 spiro atoms. The van der Waals surface area contributed by atoms with E-state index in [1.54, 1.807) is 19.2 Å². The van der Waals surface area contributed by atoms with Crippen LogP contribution in [0.25, 0.3) is 0 Å². The van der Waals surface area contributed by atoms with Gasteiger partial charge in [-0.3, -0.25) is 4.79 Å². The average Bonchev–Trinajstić information content (AvgIpc) is 2.67. The molecule has 0 bridgehead atoms. The van der Waals surface area contributed by atoms with Crippen LogP contribution in [0.1, 0.15) is 18.4 Å². The molecule has 158 valence electrons. The second-order valence-electron chi connectivity index (χ2n) is 6.58. The van der Waals surface area contributed by atoms with E-state index in [2.05, 4.69) is 5.32 Å². The number of hydrogen-bond donors (Lipinski definition) is 1. The highest BCUT2D eigenvalue weighted by Gasteiger charge is 2.09. The summed E-state index contributed by atoms with van der Waals surface area (Å²) < 4.78 is 39.1. The van der Waals surface area contributed by atoms with Crippen LogP contribution in [0.3, 0.4) is 0 Å². The van der Waals surface area contributed by atoms with Gasteiger partial charge in [0, 0.05) is 19.8 Å². The molecule has 0 aliphatic carbocycles. The molecule has 1 amide bonds. The van der Waals surface area contributed by atoms with Gasteiger partial charge in [-0.25, -0.2) is 8.42 Å². The minimum atomic E-state index is -3.23. The highest BCUT2D eigenvalue weighted by Crippen LogP contribution is 2.26. The third kappa shape index (κ3) is 7.75. The number of amides is 1. The fraction of sp³-hybridized carbons (Fsp3) is 0.381. The molecule has 7 nitrogen and oxygen atoms in total. The molecule has 8 heteroatoms. The summed E-state index contributed by atoms with van der Waals surface area (Å²) in [4.78, 5) is 12.5. The van der Waals surface area contributed by atoms with Crippen LogP contribution in [0.15, 0.2) is 47.4 Å². The van der Waals surface area contributed by atoms with Crippen LogP contribution in [0.5, 0.6) is 11.5 Å². The van der Waals surface area contributed by atoms with Gasteiger partial charge in [0.2, 0.25) is 5.91 Å². The van der Waals surface area contributed by atoms with Crippen molar-refractivity contribution < 1.29 is 27.4 Å². The summed E-state index contributed by atoms with van der Waals surface area (Å²) in [5.74, 6) is 1.03. The fourth-order valence-corrected chi connectivity index (χ4v) is 3.14. The Morgan fingerprint density at radius 1 is 1.00 bits per heavy atom. The predicted molar refractivity (Wildman–Crippen MR) is 111 cm³/mol. The van der Waals surface area contributed by atoms with Crippen LogP contribution in [-0.4, -0.2) is 47.5 Å². The van der Waals surface area contributed by atoms with Crippen molar-refractivity contribution in [1.29, 1.82) is 0 Å². The molecule has 0 unspecified atom stereocenters. The molecule has 29 heavy (non-hydrogen) atoms. The molecule has 0 radical (unpaired) electrons. The fourth-order valence-electron chi connectivity index (χ4n) is 2.51. The first-order chi connectivity index (χ1) is 13.8. The number of anilines is 1. The summed E-state index contributed by atoms with van der Waals surface area (Å²) in [6.45, 7) is 3.16. The first-order valence-electron chi connectivity index (χ1n) is 9.25. The molecule has 0 aromatic heterocycles. The zero-order valence-electron chi connectivity index (χ0n) is 16.9. The minimum absolute atomic E-state index is 0.138. The normalized spacial score (nSPS) is 11.1. The summed E-state index contributed by atoms with van der Waals surface area (Å²) in [6, 6.07) is 11.8. The lowest BCUT2D eigenvalue weighted by molar-refractivity contribution is -0.116. The molecule has 0 saturated heterocycles. The smallest absolute Gasteiger partial charge is 0.224 e. The molecule has 2 aromatic rings. The summed E-state index contributed by atoms with van der Waals surface area (Å²) in [7, 11) is -1.62. The van der Waals surface area contributed by atoms with Gasteiger partial charge in [0.05, 0.1) is 23.8 Å². The van der Waals surface area contributed by atoms with E-state index < -0.39 is 9.84 Å². The number of rotatable bonds is 11. The Hall–Kier alpha value is -2.58. The number of methoxy groups -OCH3 is 1. The van der Waals surface area contributed by atoms with E-state index in [1.807, 2.05) is 25.1 Å². The maximum absolute atomic E-state index is 12.2.